The van der Waals surface area contributed by atoms with Crippen LogP contribution >= 0.6 is 0 Å². The van der Waals surface area contributed by atoms with E-state index in [2.05, 4.69) is 47.9 Å². The maximum atomic E-state index is 6.00. The van der Waals surface area contributed by atoms with E-state index < -0.39 is 0 Å². The standard InChI is InChI=1S/C17H26N2O/c1-14(2)19-10-11-20-17(13-19)15-6-5-7-16(12-15)18-8-3-4-9-18/h5-7,12,14,17H,3-4,8-11,13H2,1-2H3. The lowest BCUT2D eigenvalue weighted by Gasteiger charge is -2.36. The predicted octanol–water partition coefficient (Wildman–Crippen LogP) is 3.07. The minimum atomic E-state index is 0.230. The van der Waals surface area contributed by atoms with Gasteiger partial charge in [0.1, 0.15) is 0 Å². The highest BCUT2D eigenvalue weighted by molar-refractivity contribution is 5.49. The number of anilines is 1. The summed E-state index contributed by atoms with van der Waals surface area (Å²) in [6, 6.07) is 9.56. The molecule has 110 valence electrons. The molecule has 2 aliphatic heterocycles. The molecule has 0 spiro atoms. The van der Waals surface area contributed by atoms with Gasteiger partial charge in [0.15, 0.2) is 0 Å². The van der Waals surface area contributed by atoms with Crippen LogP contribution in [-0.2, 0) is 4.74 Å². The van der Waals surface area contributed by atoms with Gasteiger partial charge in [0, 0.05) is 37.9 Å². The third kappa shape index (κ3) is 2.99. The fourth-order valence-electron chi connectivity index (χ4n) is 3.24. The molecule has 1 unspecified atom stereocenters. The normalized spacial score (nSPS) is 24.6. The van der Waals surface area contributed by atoms with Crippen molar-refractivity contribution in [1.82, 2.24) is 4.90 Å². The third-order valence-corrected chi connectivity index (χ3v) is 4.54. The minimum absolute atomic E-state index is 0.230. The van der Waals surface area contributed by atoms with Crippen molar-refractivity contribution in [2.75, 3.05) is 37.7 Å². The average Bonchev–Trinajstić information content (AvgIpc) is 3.02. The summed E-state index contributed by atoms with van der Waals surface area (Å²) in [5.41, 5.74) is 2.70. The molecular weight excluding hydrogens is 248 g/mol. The van der Waals surface area contributed by atoms with Crippen LogP contribution in [0.15, 0.2) is 24.3 Å². The molecule has 0 saturated carbocycles. The van der Waals surface area contributed by atoms with Gasteiger partial charge in [-0.15, -0.1) is 0 Å². The molecule has 1 aromatic rings. The number of benzene rings is 1. The van der Waals surface area contributed by atoms with E-state index in [1.165, 1.54) is 37.2 Å². The van der Waals surface area contributed by atoms with Crippen LogP contribution < -0.4 is 4.90 Å². The zero-order valence-electron chi connectivity index (χ0n) is 12.7. The van der Waals surface area contributed by atoms with E-state index in [0.29, 0.717) is 6.04 Å². The molecule has 1 aromatic carbocycles. The molecule has 3 nitrogen and oxygen atoms in total. The van der Waals surface area contributed by atoms with Gasteiger partial charge < -0.3 is 9.64 Å². The first kappa shape index (κ1) is 13.9. The van der Waals surface area contributed by atoms with Gasteiger partial charge in [-0.1, -0.05) is 12.1 Å². The molecule has 0 radical (unpaired) electrons. The van der Waals surface area contributed by atoms with Crippen LogP contribution in [0.3, 0.4) is 0 Å². The van der Waals surface area contributed by atoms with E-state index in [1.54, 1.807) is 0 Å². The van der Waals surface area contributed by atoms with Crippen molar-refractivity contribution in [2.45, 2.75) is 38.8 Å². The van der Waals surface area contributed by atoms with Crippen molar-refractivity contribution < 1.29 is 4.74 Å². The van der Waals surface area contributed by atoms with Crippen molar-refractivity contribution in [3.63, 3.8) is 0 Å². The minimum Gasteiger partial charge on any atom is -0.372 e. The van der Waals surface area contributed by atoms with Gasteiger partial charge in [-0.05, 0) is 44.4 Å². The van der Waals surface area contributed by atoms with E-state index in [9.17, 15) is 0 Å². The molecule has 0 bridgehead atoms. The summed E-state index contributed by atoms with van der Waals surface area (Å²) in [7, 11) is 0. The third-order valence-electron chi connectivity index (χ3n) is 4.54. The number of rotatable bonds is 3. The SMILES string of the molecule is CC(C)N1CCOC(c2cccc(N3CCCC3)c2)C1. The summed E-state index contributed by atoms with van der Waals surface area (Å²) >= 11 is 0. The average molecular weight is 274 g/mol. The van der Waals surface area contributed by atoms with E-state index in [1.807, 2.05) is 0 Å². The first-order chi connectivity index (χ1) is 9.74. The maximum Gasteiger partial charge on any atom is 0.0953 e. The summed E-state index contributed by atoms with van der Waals surface area (Å²) in [6.45, 7) is 9.85. The zero-order valence-corrected chi connectivity index (χ0v) is 12.7. The van der Waals surface area contributed by atoms with Crippen LogP contribution in [0.1, 0.15) is 38.4 Å². The predicted molar refractivity (Wildman–Crippen MR) is 83.3 cm³/mol. The maximum absolute atomic E-state index is 6.00. The Bertz CT molecular complexity index is 440. The quantitative estimate of drug-likeness (QED) is 0.842. The van der Waals surface area contributed by atoms with Crippen molar-refractivity contribution in [2.24, 2.45) is 0 Å². The molecule has 0 aromatic heterocycles. The number of morpholine rings is 1. The number of hydrogen-bond acceptors (Lipinski definition) is 3. The fraction of sp³-hybridized carbons (Fsp3) is 0.647. The zero-order chi connectivity index (χ0) is 13.9. The molecule has 0 N–H and O–H groups in total. The summed E-state index contributed by atoms with van der Waals surface area (Å²) < 4.78 is 6.00. The largest absolute Gasteiger partial charge is 0.372 e. The van der Waals surface area contributed by atoms with Crippen LogP contribution in [0.2, 0.25) is 0 Å². The van der Waals surface area contributed by atoms with Crippen molar-refractivity contribution in [3.8, 4) is 0 Å². The van der Waals surface area contributed by atoms with E-state index in [0.717, 1.165) is 19.7 Å². The van der Waals surface area contributed by atoms with Gasteiger partial charge in [0.2, 0.25) is 0 Å². The van der Waals surface area contributed by atoms with Gasteiger partial charge in [-0.25, -0.2) is 0 Å². The molecule has 2 fully saturated rings. The molecule has 0 amide bonds. The molecule has 2 heterocycles. The van der Waals surface area contributed by atoms with Crippen LogP contribution in [0.5, 0.6) is 0 Å². The van der Waals surface area contributed by atoms with E-state index in [4.69, 9.17) is 4.74 Å². The Morgan fingerprint density at radius 3 is 2.70 bits per heavy atom. The van der Waals surface area contributed by atoms with Crippen molar-refractivity contribution in [3.05, 3.63) is 29.8 Å². The smallest absolute Gasteiger partial charge is 0.0953 e. The Morgan fingerprint density at radius 2 is 1.95 bits per heavy atom. The molecule has 1 atom stereocenters. The van der Waals surface area contributed by atoms with Crippen LogP contribution in [0.25, 0.3) is 0 Å². The van der Waals surface area contributed by atoms with Gasteiger partial charge >= 0.3 is 0 Å². The lowest BCUT2D eigenvalue weighted by molar-refractivity contribution is -0.0401. The highest BCUT2D eigenvalue weighted by Crippen LogP contribution is 2.28. The topological polar surface area (TPSA) is 15.7 Å². The molecule has 0 aliphatic carbocycles. The lowest BCUT2D eigenvalue weighted by atomic mass is 10.1. The summed E-state index contributed by atoms with van der Waals surface area (Å²) in [4.78, 5) is 5.00. The second-order valence-electron chi connectivity index (χ2n) is 6.24. The van der Waals surface area contributed by atoms with Gasteiger partial charge in [-0.2, -0.15) is 0 Å². The Balaban J connectivity index is 1.74. The van der Waals surface area contributed by atoms with Crippen LogP contribution in [-0.4, -0.2) is 43.7 Å². The second kappa shape index (κ2) is 6.15. The highest BCUT2D eigenvalue weighted by Gasteiger charge is 2.24. The number of nitrogens with zero attached hydrogens (tertiary/aromatic N) is 2. The molecule has 2 aliphatic rings. The first-order valence-electron chi connectivity index (χ1n) is 7.94. The molecule has 20 heavy (non-hydrogen) atoms. The molecule has 2 saturated heterocycles. The summed E-state index contributed by atoms with van der Waals surface area (Å²) in [5, 5.41) is 0. The number of hydrogen-bond donors (Lipinski definition) is 0. The Hall–Kier alpha value is -1.06. The Labute approximate surface area is 122 Å². The highest BCUT2D eigenvalue weighted by atomic mass is 16.5. The summed E-state index contributed by atoms with van der Waals surface area (Å²) in [5.74, 6) is 0. The molecule has 3 rings (SSSR count). The van der Waals surface area contributed by atoms with Gasteiger partial charge in [0.25, 0.3) is 0 Å². The molecular formula is C17H26N2O. The Morgan fingerprint density at radius 1 is 1.15 bits per heavy atom. The molecule has 3 heteroatoms. The van der Waals surface area contributed by atoms with Gasteiger partial charge in [0.05, 0.1) is 12.7 Å². The lowest BCUT2D eigenvalue weighted by Crippen LogP contribution is -2.42. The fourth-order valence-corrected chi connectivity index (χ4v) is 3.24. The monoisotopic (exact) mass is 274 g/mol. The second-order valence-corrected chi connectivity index (χ2v) is 6.24. The van der Waals surface area contributed by atoms with Crippen LogP contribution in [0, 0.1) is 0 Å². The van der Waals surface area contributed by atoms with Crippen LogP contribution in [0.4, 0.5) is 5.69 Å². The van der Waals surface area contributed by atoms with Crippen molar-refractivity contribution >= 4 is 5.69 Å². The first-order valence-corrected chi connectivity index (χ1v) is 7.94. The summed E-state index contributed by atoms with van der Waals surface area (Å²) in [6.07, 6.45) is 2.88. The van der Waals surface area contributed by atoms with E-state index >= 15 is 0 Å². The Kier molecular flexibility index (Phi) is 4.27. The van der Waals surface area contributed by atoms with Crippen molar-refractivity contribution in [1.29, 1.82) is 0 Å². The van der Waals surface area contributed by atoms with Gasteiger partial charge in [-0.3, -0.25) is 4.90 Å². The van der Waals surface area contributed by atoms with E-state index in [-0.39, 0.29) is 6.10 Å². The number of ether oxygens (including phenoxy) is 1.